The number of carbonyl (C=O) groups excluding carboxylic acids is 2. The van der Waals surface area contributed by atoms with Gasteiger partial charge in [0.05, 0.1) is 30.3 Å². The number of aliphatic hydroxyl groups is 1. The van der Waals surface area contributed by atoms with Gasteiger partial charge in [0.25, 0.3) is 5.91 Å². The molecule has 2 N–H and O–H groups in total. The third-order valence-electron chi connectivity index (χ3n) is 5.73. The first-order valence-corrected chi connectivity index (χ1v) is 10.00. The SMILES string of the molecule is CC1(C)Cc2cccc(C(=O)NC[C@@H]3C[C@H](C(=O)N4CC[C@H](O)C4)CO3)c2O1. The predicted octanol–water partition coefficient (Wildman–Crippen LogP) is 1.13. The summed E-state index contributed by atoms with van der Waals surface area (Å²) in [4.78, 5) is 26.9. The largest absolute Gasteiger partial charge is 0.486 e. The fourth-order valence-electron chi connectivity index (χ4n) is 4.32. The van der Waals surface area contributed by atoms with Crippen molar-refractivity contribution in [1.82, 2.24) is 10.2 Å². The molecule has 2 fully saturated rings. The zero-order valence-electron chi connectivity index (χ0n) is 16.4. The third-order valence-corrected chi connectivity index (χ3v) is 5.73. The molecule has 0 saturated carbocycles. The second kappa shape index (κ2) is 7.37. The van der Waals surface area contributed by atoms with Gasteiger partial charge in [0.2, 0.25) is 5.91 Å². The standard InChI is InChI=1S/C21H28N2O5/c1-21(2)9-13-4-3-5-17(18(13)28-21)19(25)22-10-16-8-14(12-27-16)20(26)23-7-6-15(24)11-23/h3-5,14-16,24H,6-12H2,1-2H3,(H,22,25)/t14-,15-,16-/m0/s1. The van der Waals surface area contributed by atoms with Crippen LogP contribution >= 0.6 is 0 Å². The Kier molecular flexibility index (Phi) is 5.05. The van der Waals surface area contributed by atoms with Crippen molar-refractivity contribution in [3.63, 3.8) is 0 Å². The molecule has 1 aromatic rings. The summed E-state index contributed by atoms with van der Waals surface area (Å²) in [6.45, 7) is 5.76. The van der Waals surface area contributed by atoms with Gasteiger partial charge in [-0.15, -0.1) is 0 Å². The lowest BCUT2D eigenvalue weighted by atomic mass is 10.0. The van der Waals surface area contributed by atoms with E-state index in [0.717, 1.165) is 12.0 Å². The van der Waals surface area contributed by atoms with E-state index in [2.05, 4.69) is 5.32 Å². The first-order valence-electron chi connectivity index (χ1n) is 10.00. The first kappa shape index (κ1) is 19.2. The van der Waals surface area contributed by atoms with Crippen molar-refractivity contribution in [2.75, 3.05) is 26.2 Å². The molecular weight excluding hydrogens is 360 g/mol. The Morgan fingerprint density at radius 2 is 2.18 bits per heavy atom. The topological polar surface area (TPSA) is 88.1 Å². The van der Waals surface area contributed by atoms with Crippen LogP contribution in [0.2, 0.25) is 0 Å². The second-order valence-electron chi connectivity index (χ2n) is 8.66. The summed E-state index contributed by atoms with van der Waals surface area (Å²) >= 11 is 0. The Labute approximate surface area is 165 Å². The van der Waals surface area contributed by atoms with E-state index in [1.165, 1.54) is 0 Å². The number of hydrogen-bond acceptors (Lipinski definition) is 5. The highest BCUT2D eigenvalue weighted by atomic mass is 16.5. The number of ether oxygens (including phenoxy) is 2. The summed E-state index contributed by atoms with van der Waals surface area (Å²) in [5, 5.41) is 12.5. The van der Waals surface area contributed by atoms with Gasteiger partial charge < -0.3 is 24.8 Å². The quantitative estimate of drug-likeness (QED) is 0.807. The smallest absolute Gasteiger partial charge is 0.255 e. The zero-order chi connectivity index (χ0) is 19.9. The number of nitrogens with one attached hydrogen (secondary N) is 1. The van der Waals surface area contributed by atoms with E-state index in [-0.39, 0.29) is 29.4 Å². The Balaban J connectivity index is 1.31. The molecule has 0 aliphatic carbocycles. The number of fused-ring (bicyclic) bond motifs is 1. The van der Waals surface area contributed by atoms with E-state index in [1.807, 2.05) is 26.0 Å². The maximum absolute atomic E-state index is 12.7. The van der Waals surface area contributed by atoms with Crippen LogP contribution in [-0.2, 0) is 16.0 Å². The van der Waals surface area contributed by atoms with E-state index in [1.54, 1.807) is 11.0 Å². The van der Waals surface area contributed by atoms with Crippen LogP contribution in [0.1, 0.15) is 42.6 Å². The van der Waals surface area contributed by atoms with Gasteiger partial charge in [-0.2, -0.15) is 0 Å². The molecule has 0 bridgehead atoms. The summed E-state index contributed by atoms with van der Waals surface area (Å²) in [6.07, 6.45) is 1.41. The molecule has 0 radical (unpaired) electrons. The fraction of sp³-hybridized carbons (Fsp3) is 0.619. The van der Waals surface area contributed by atoms with Gasteiger partial charge in [-0.05, 0) is 38.3 Å². The van der Waals surface area contributed by atoms with Gasteiger partial charge in [0.15, 0.2) is 0 Å². The van der Waals surface area contributed by atoms with Crippen LogP contribution < -0.4 is 10.1 Å². The molecule has 152 valence electrons. The number of para-hydroxylation sites is 1. The van der Waals surface area contributed by atoms with Gasteiger partial charge >= 0.3 is 0 Å². The maximum Gasteiger partial charge on any atom is 0.255 e. The van der Waals surface area contributed by atoms with Crippen LogP contribution in [0.25, 0.3) is 0 Å². The first-order chi connectivity index (χ1) is 13.3. The summed E-state index contributed by atoms with van der Waals surface area (Å²) in [6, 6.07) is 5.65. The summed E-state index contributed by atoms with van der Waals surface area (Å²) in [5.74, 6) is 0.327. The lowest BCUT2D eigenvalue weighted by molar-refractivity contribution is -0.134. The average Bonchev–Trinajstić information content (AvgIpc) is 3.35. The van der Waals surface area contributed by atoms with Gasteiger partial charge in [-0.25, -0.2) is 0 Å². The summed E-state index contributed by atoms with van der Waals surface area (Å²) in [5.41, 5.74) is 1.29. The van der Waals surface area contributed by atoms with Gasteiger partial charge in [-0.1, -0.05) is 12.1 Å². The minimum atomic E-state index is -0.416. The molecule has 7 nitrogen and oxygen atoms in total. The fourth-order valence-corrected chi connectivity index (χ4v) is 4.32. The van der Waals surface area contributed by atoms with Crippen molar-refractivity contribution < 1.29 is 24.2 Å². The highest BCUT2D eigenvalue weighted by molar-refractivity contribution is 5.97. The van der Waals surface area contributed by atoms with E-state index in [0.29, 0.717) is 50.4 Å². The Bertz CT molecular complexity index is 778. The summed E-state index contributed by atoms with van der Waals surface area (Å²) < 4.78 is 11.7. The Hall–Kier alpha value is -2.12. The Morgan fingerprint density at radius 1 is 1.36 bits per heavy atom. The molecular formula is C21H28N2O5. The van der Waals surface area contributed by atoms with Crippen molar-refractivity contribution in [1.29, 1.82) is 0 Å². The van der Waals surface area contributed by atoms with Crippen LogP contribution in [0, 0.1) is 5.92 Å². The van der Waals surface area contributed by atoms with Crippen molar-refractivity contribution in [2.45, 2.75) is 50.9 Å². The number of aliphatic hydroxyl groups excluding tert-OH is 1. The molecule has 0 unspecified atom stereocenters. The highest BCUT2D eigenvalue weighted by Gasteiger charge is 2.37. The van der Waals surface area contributed by atoms with Crippen molar-refractivity contribution in [3.8, 4) is 5.75 Å². The number of amides is 2. The third kappa shape index (κ3) is 3.86. The molecule has 28 heavy (non-hydrogen) atoms. The minimum Gasteiger partial charge on any atom is -0.486 e. The number of rotatable bonds is 4. The molecule has 0 aromatic heterocycles. The monoisotopic (exact) mass is 388 g/mol. The second-order valence-corrected chi connectivity index (χ2v) is 8.66. The summed E-state index contributed by atoms with van der Waals surface area (Å²) in [7, 11) is 0. The molecule has 1 aromatic carbocycles. The van der Waals surface area contributed by atoms with Crippen LogP contribution in [0.5, 0.6) is 5.75 Å². The van der Waals surface area contributed by atoms with E-state index >= 15 is 0 Å². The molecule has 3 aliphatic heterocycles. The molecule has 7 heteroatoms. The predicted molar refractivity (Wildman–Crippen MR) is 102 cm³/mol. The van der Waals surface area contributed by atoms with Gasteiger partial charge in [0.1, 0.15) is 11.4 Å². The van der Waals surface area contributed by atoms with E-state index < -0.39 is 6.10 Å². The maximum atomic E-state index is 12.7. The number of β-amino-alcohol motifs (C(OH)–C–C–N with tert-alkyl or cyclic N) is 1. The lowest BCUT2D eigenvalue weighted by Crippen LogP contribution is -2.36. The average molecular weight is 388 g/mol. The number of benzene rings is 1. The van der Waals surface area contributed by atoms with Gasteiger partial charge in [0, 0.05) is 26.1 Å². The molecule has 3 heterocycles. The van der Waals surface area contributed by atoms with Crippen LogP contribution in [0.15, 0.2) is 18.2 Å². The van der Waals surface area contributed by atoms with Crippen molar-refractivity contribution in [2.24, 2.45) is 5.92 Å². The highest BCUT2D eigenvalue weighted by Crippen LogP contribution is 2.37. The van der Waals surface area contributed by atoms with Crippen LogP contribution in [-0.4, -0.2) is 65.9 Å². The number of nitrogens with zero attached hydrogens (tertiary/aromatic N) is 1. The minimum absolute atomic E-state index is 0.0434. The molecule has 3 aliphatic rings. The van der Waals surface area contributed by atoms with Crippen molar-refractivity contribution in [3.05, 3.63) is 29.3 Å². The van der Waals surface area contributed by atoms with Crippen LogP contribution in [0.4, 0.5) is 0 Å². The van der Waals surface area contributed by atoms with E-state index in [4.69, 9.17) is 9.47 Å². The Morgan fingerprint density at radius 3 is 2.93 bits per heavy atom. The zero-order valence-corrected chi connectivity index (χ0v) is 16.4. The molecule has 2 saturated heterocycles. The molecule has 2 amide bonds. The number of hydrogen-bond donors (Lipinski definition) is 2. The van der Waals surface area contributed by atoms with E-state index in [9.17, 15) is 14.7 Å². The molecule has 3 atom stereocenters. The normalized spacial score (nSPS) is 28.1. The lowest BCUT2D eigenvalue weighted by Gasteiger charge is -2.19. The van der Waals surface area contributed by atoms with Gasteiger partial charge in [-0.3, -0.25) is 9.59 Å². The number of likely N-dealkylation sites (tertiary alicyclic amines) is 1. The number of carbonyl (C=O) groups is 2. The molecule has 4 rings (SSSR count). The van der Waals surface area contributed by atoms with Crippen molar-refractivity contribution >= 4 is 11.8 Å². The molecule has 0 spiro atoms. The van der Waals surface area contributed by atoms with Crippen LogP contribution in [0.3, 0.4) is 0 Å².